The number of rotatable bonds is 8. The van der Waals surface area contributed by atoms with E-state index in [1.54, 1.807) is 51.1 Å². The number of nitrogens with one attached hydrogen (secondary N) is 1. The third kappa shape index (κ3) is 6.05. The summed E-state index contributed by atoms with van der Waals surface area (Å²) in [4.78, 5) is 62.7. The lowest BCUT2D eigenvalue weighted by molar-refractivity contribution is -0.384. The highest BCUT2D eigenvalue weighted by Crippen LogP contribution is 2.33. The SMILES string of the molecule is CCOC(=O)C1=C(C)N=c2s/c(=C/c3cc([N+](=O)[O-])ccc3Sc3nc(C)cc(=O)[nH]3)c(=O)n2[C@@H]1c1cccc(OC)c1. The van der Waals surface area contributed by atoms with Gasteiger partial charge in [0.1, 0.15) is 5.75 Å². The number of H-pyrrole nitrogens is 1. The van der Waals surface area contributed by atoms with Crippen molar-refractivity contribution in [3.63, 3.8) is 0 Å². The molecule has 1 atom stereocenters. The molecule has 2 aromatic heterocycles. The number of carbonyl (C=O) groups is 1. The van der Waals surface area contributed by atoms with Gasteiger partial charge in [-0.1, -0.05) is 35.2 Å². The molecule has 0 aliphatic carbocycles. The first-order valence-corrected chi connectivity index (χ1v) is 14.6. The van der Waals surface area contributed by atoms with Crippen LogP contribution in [0.1, 0.15) is 36.7 Å². The van der Waals surface area contributed by atoms with Crippen LogP contribution >= 0.6 is 23.1 Å². The third-order valence-electron chi connectivity index (χ3n) is 6.47. The van der Waals surface area contributed by atoms with Crippen molar-refractivity contribution in [2.24, 2.45) is 4.99 Å². The molecule has 0 radical (unpaired) electrons. The molecule has 0 saturated carbocycles. The summed E-state index contributed by atoms with van der Waals surface area (Å²) in [5.41, 5.74) is 1.15. The van der Waals surface area contributed by atoms with E-state index >= 15 is 0 Å². The Morgan fingerprint density at radius 1 is 1.21 bits per heavy atom. The summed E-state index contributed by atoms with van der Waals surface area (Å²) in [7, 11) is 1.52. The number of allylic oxidation sites excluding steroid dienone is 1. The highest BCUT2D eigenvalue weighted by atomic mass is 32.2. The second-order valence-electron chi connectivity index (χ2n) is 9.35. The van der Waals surface area contributed by atoms with Crippen LogP contribution in [0.3, 0.4) is 0 Å². The molecule has 220 valence electrons. The number of hydrogen-bond donors (Lipinski definition) is 1. The van der Waals surface area contributed by atoms with E-state index in [9.17, 15) is 24.5 Å². The smallest absolute Gasteiger partial charge is 0.338 e. The Kier molecular flexibility index (Phi) is 8.41. The number of methoxy groups -OCH3 is 1. The molecular weight excluding hydrogens is 594 g/mol. The highest BCUT2D eigenvalue weighted by molar-refractivity contribution is 7.99. The van der Waals surface area contributed by atoms with Gasteiger partial charge >= 0.3 is 5.97 Å². The fourth-order valence-electron chi connectivity index (χ4n) is 4.62. The van der Waals surface area contributed by atoms with E-state index in [0.29, 0.717) is 43.1 Å². The Labute approximate surface area is 252 Å². The normalized spacial score (nSPS) is 14.7. The Morgan fingerprint density at radius 3 is 2.70 bits per heavy atom. The minimum Gasteiger partial charge on any atom is -0.497 e. The quantitative estimate of drug-likeness (QED) is 0.135. The summed E-state index contributed by atoms with van der Waals surface area (Å²) in [5, 5.41) is 11.9. The summed E-state index contributed by atoms with van der Waals surface area (Å²) in [6, 6.07) is 11.8. The molecular formula is C29H25N5O7S2. The van der Waals surface area contributed by atoms with Crippen molar-refractivity contribution in [3.05, 3.63) is 117 Å². The molecule has 5 rings (SSSR count). The van der Waals surface area contributed by atoms with E-state index in [1.165, 1.54) is 35.9 Å². The van der Waals surface area contributed by atoms with Crippen molar-refractivity contribution in [2.75, 3.05) is 13.7 Å². The van der Waals surface area contributed by atoms with Crippen LogP contribution < -0.4 is 25.2 Å². The fourth-order valence-corrected chi connectivity index (χ4v) is 6.58. The number of nitrogens with zero attached hydrogens (tertiary/aromatic N) is 4. The number of fused-ring (bicyclic) bond motifs is 1. The standard InChI is InChI=1S/C29H25N5O7S2/c1-5-41-27(37)24-16(3)31-29-33(25(24)17-7-6-8-20(13-17)40-4)26(36)22(43-29)14-18-12-19(34(38)39)9-10-21(18)42-28-30-15(2)11-23(35)32-28/h6-14,25H,5H2,1-4H3,(H,30,32,35)/b22-14+/t25-/m1/s1. The van der Waals surface area contributed by atoms with Crippen molar-refractivity contribution in [3.8, 4) is 5.75 Å². The van der Waals surface area contributed by atoms with Gasteiger partial charge in [-0.15, -0.1) is 0 Å². The van der Waals surface area contributed by atoms with Gasteiger partial charge in [-0.05, 0) is 56.2 Å². The lowest BCUT2D eigenvalue weighted by Crippen LogP contribution is -2.39. The van der Waals surface area contributed by atoms with E-state index in [2.05, 4.69) is 15.0 Å². The molecule has 0 bridgehead atoms. The number of nitro benzene ring substituents is 1. The molecule has 1 aliphatic rings. The number of thiazole rings is 1. The number of aromatic nitrogens is 3. The second-order valence-corrected chi connectivity index (χ2v) is 11.4. The van der Waals surface area contributed by atoms with Gasteiger partial charge in [-0.25, -0.2) is 14.8 Å². The first-order chi connectivity index (χ1) is 20.6. The highest BCUT2D eigenvalue weighted by Gasteiger charge is 2.33. The number of ether oxygens (including phenoxy) is 2. The first-order valence-electron chi connectivity index (χ1n) is 13.0. The number of benzene rings is 2. The number of aromatic amines is 1. The van der Waals surface area contributed by atoms with Crippen LogP contribution in [-0.2, 0) is 9.53 Å². The zero-order valence-corrected chi connectivity index (χ0v) is 25.1. The lowest BCUT2D eigenvalue weighted by atomic mass is 9.95. The lowest BCUT2D eigenvalue weighted by Gasteiger charge is -2.25. The molecule has 0 fully saturated rings. The first kappa shape index (κ1) is 29.7. The topological polar surface area (TPSA) is 159 Å². The number of nitro groups is 1. The molecule has 0 amide bonds. The van der Waals surface area contributed by atoms with Crippen molar-refractivity contribution < 1.29 is 19.2 Å². The van der Waals surface area contributed by atoms with E-state index in [4.69, 9.17) is 9.47 Å². The molecule has 1 aliphatic heterocycles. The maximum absolute atomic E-state index is 14.0. The van der Waals surface area contributed by atoms with Crippen molar-refractivity contribution in [2.45, 2.75) is 36.9 Å². The number of carbonyl (C=O) groups excluding carboxylic acids is 1. The number of non-ortho nitro benzene ring substituents is 1. The minimum atomic E-state index is -0.854. The van der Waals surface area contributed by atoms with Gasteiger partial charge in [-0.2, -0.15) is 0 Å². The molecule has 0 unspecified atom stereocenters. The Bertz CT molecular complexity index is 2040. The summed E-state index contributed by atoms with van der Waals surface area (Å²) in [6.07, 6.45) is 1.54. The van der Waals surface area contributed by atoms with E-state index in [0.717, 1.165) is 23.1 Å². The average Bonchev–Trinajstić information content (AvgIpc) is 3.26. The van der Waals surface area contributed by atoms with Crippen LogP contribution in [0.25, 0.3) is 6.08 Å². The van der Waals surface area contributed by atoms with Crippen LogP contribution in [0, 0.1) is 17.0 Å². The average molecular weight is 620 g/mol. The molecule has 12 nitrogen and oxygen atoms in total. The Balaban J connectivity index is 1.72. The maximum atomic E-state index is 14.0. The van der Waals surface area contributed by atoms with Gasteiger partial charge in [0.15, 0.2) is 9.96 Å². The monoisotopic (exact) mass is 619 g/mol. The third-order valence-corrected chi connectivity index (χ3v) is 8.43. The molecule has 4 aromatic rings. The molecule has 0 saturated heterocycles. The predicted molar refractivity (Wildman–Crippen MR) is 160 cm³/mol. The van der Waals surface area contributed by atoms with Gasteiger partial charge in [0, 0.05) is 28.8 Å². The van der Waals surface area contributed by atoms with Crippen LogP contribution in [0.2, 0.25) is 0 Å². The number of hydrogen-bond acceptors (Lipinski definition) is 11. The molecule has 2 aromatic carbocycles. The maximum Gasteiger partial charge on any atom is 0.338 e. The van der Waals surface area contributed by atoms with Crippen molar-refractivity contribution in [1.29, 1.82) is 0 Å². The van der Waals surface area contributed by atoms with Crippen LogP contribution in [0.15, 0.2) is 84.4 Å². The summed E-state index contributed by atoms with van der Waals surface area (Å²) < 4.78 is 12.4. The zero-order valence-electron chi connectivity index (χ0n) is 23.4. The summed E-state index contributed by atoms with van der Waals surface area (Å²) in [6.45, 7) is 5.20. The van der Waals surface area contributed by atoms with Crippen molar-refractivity contribution >= 4 is 40.8 Å². The summed E-state index contributed by atoms with van der Waals surface area (Å²) >= 11 is 2.19. The molecule has 14 heteroatoms. The van der Waals surface area contributed by atoms with E-state index < -0.39 is 22.5 Å². The molecule has 43 heavy (non-hydrogen) atoms. The Hall–Kier alpha value is -4.82. The van der Waals surface area contributed by atoms with Crippen molar-refractivity contribution in [1.82, 2.24) is 14.5 Å². The van der Waals surface area contributed by atoms with E-state index in [-0.39, 0.29) is 28.0 Å². The summed E-state index contributed by atoms with van der Waals surface area (Å²) in [5.74, 6) is -0.0542. The van der Waals surface area contributed by atoms with E-state index in [1.807, 2.05) is 0 Å². The Morgan fingerprint density at radius 2 is 2.00 bits per heavy atom. The van der Waals surface area contributed by atoms with Gasteiger partial charge in [-0.3, -0.25) is 24.3 Å². The largest absolute Gasteiger partial charge is 0.497 e. The predicted octanol–water partition coefficient (Wildman–Crippen LogP) is 3.26. The molecule has 3 heterocycles. The van der Waals surface area contributed by atoms with Gasteiger partial charge < -0.3 is 14.5 Å². The molecule has 1 N–H and O–H groups in total. The van der Waals surface area contributed by atoms with Crippen LogP contribution in [0.5, 0.6) is 5.75 Å². The van der Waals surface area contributed by atoms with Gasteiger partial charge in [0.25, 0.3) is 16.8 Å². The van der Waals surface area contributed by atoms with Gasteiger partial charge in [0.2, 0.25) is 0 Å². The van der Waals surface area contributed by atoms with Crippen LogP contribution in [-0.4, -0.2) is 39.1 Å². The fraction of sp³-hybridized carbons (Fsp3) is 0.207. The zero-order chi connectivity index (χ0) is 30.8. The number of esters is 1. The van der Waals surface area contributed by atoms with Gasteiger partial charge in [0.05, 0.1) is 40.5 Å². The van der Waals surface area contributed by atoms with Crippen LogP contribution in [0.4, 0.5) is 5.69 Å². The second kappa shape index (κ2) is 12.2. The molecule has 0 spiro atoms. The minimum absolute atomic E-state index is 0.138. The number of aryl methyl sites for hydroxylation is 1.